The Morgan fingerprint density at radius 3 is 2.67 bits per heavy atom. The summed E-state index contributed by atoms with van der Waals surface area (Å²) in [5.74, 6) is 0.769. The van der Waals surface area contributed by atoms with Gasteiger partial charge in [-0.05, 0) is 25.2 Å². The van der Waals surface area contributed by atoms with Gasteiger partial charge in [0, 0.05) is 12.1 Å². The van der Waals surface area contributed by atoms with E-state index >= 15 is 0 Å². The number of piperazine rings is 1. The van der Waals surface area contributed by atoms with Gasteiger partial charge in [0.05, 0.1) is 6.04 Å². The van der Waals surface area contributed by atoms with Gasteiger partial charge in [0.15, 0.2) is 0 Å². The summed E-state index contributed by atoms with van der Waals surface area (Å²) in [5.41, 5.74) is 0.230. The highest BCUT2D eigenvalue weighted by Crippen LogP contribution is 2.31. The second-order valence-corrected chi connectivity index (χ2v) is 5.53. The molecule has 3 heteroatoms. The van der Waals surface area contributed by atoms with Gasteiger partial charge >= 0.3 is 0 Å². The van der Waals surface area contributed by atoms with Crippen LogP contribution in [0.5, 0.6) is 0 Å². The minimum absolute atomic E-state index is 0.0387. The fourth-order valence-corrected chi connectivity index (χ4v) is 2.88. The van der Waals surface area contributed by atoms with E-state index in [4.69, 9.17) is 0 Å². The maximum atomic E-state index is 11.7. The van der Waals surface area contributed by atoms with Crippen LogP contribution in [0.25, 0.3) is 0 Å². The average molecular weight is 210 g/mol. The van der Waals surface area contributed by atoms with Gasteiger partial charge in [-0.1, -0.05) is 26.7 Å². The zero-order valence-electron chi connectivity index (χ0n) is 9.81. The normalized spacial score (nSPS) is 29.8. The molecule has 0 bridgehead atoms. The van der Waals surface area contributed by atoms with Crippen LogP contribution in [0.15, 0.2) is 0 Å². The topological polar surface area (TPSA) is 41.1 Å². The molecule has 0 aromatic carbocycles. The van der Waals surface area contributed by atoms with Gasteiger partial charge in [-0.25, -0.2) is 0 Å². The van der Waals surface area contributed by atoms with E-state index < -0.39 is 0 Å². The summed E-state index contributed by atoms with van der Waals surface area (Å²) in [6.07, 6.45) is 6.01. The minimum atomic E-state index is 0.0387. The molecule has 3 nitrogen and oxygen atoms in total. The zero-order chi connectivity index (χ0) is 10.9. The van der Waals surface area contributed by atoms with E-state index in [1.165, 1.54) is 25.7 Å². The lowest BCUT2D eigenvalue weighted by Crippen LogP contribution is -2.65. The van der Waals surface area contributed by atoms with E-state index in [0.29, 0.717) is 5.92 Å². The van der Waals surface area contributed by atoms with Crippen LogP contribution in [0, 0.1) is 5.92 Å². The van der Waals surface area contributed by atoms with Gasteiger partial charge in [-0.3, -0.25) is 10.1 Å². The first-order chi connectivity index (χ1) is 7.11. The highest BCUT2D eigenvalue weighted by Gasteiger charge is 2.41. The summed E-state index contributed by atoms with van der Waals surface area (Å²) in [6.45, 7) is 5.18. The maximum absolute atomic E-state index is 11.7. The van der Waals surface area contributed by atoms with Crippen molar-refractivity contribution in [2.45, 2.75) is 57.5 Å². The molecular formula is C12H22N2O. The van der Waals surface area contributed by atoms with Crippen molar-refractivity contribution in [2.24, 2.45) is 5.92 Å². The number of nitrogens with one attached hydrogen (secondary N) is 2. The predicted octanol–water partition coefficient (Wildman–Crippen LogP) is 1.43. The Morgan fingerprint density at radius 1 is 1.40 bits per heavy atom. The van der Waals surface area contributed by atoms with E-state index in [9.17, 15) is 4.79 Å². The first kappa shape index (κ1) is 10.9. The molecule has 1 aliphatic heterocycles. The summed E-state index contributed by atoms with van der Waals surface area (Å²) in [7, 11) is 0. The molecular weight excluding hydrogens is 188 g/mol. The Morgan fingerprint density at radius 2 is 2.07 bits per heavy atom. The smallest absolute Gasteiger partial charge is 0.237 e. The standard InChI is InChI=1S/C12H22N2O/c1-9(2)7-10-11(15)13-8-12(14-10)5-3-4-6-12/h9-10,14H,3-8H2,1-2H3,(H,13,15)/t10-/m1/s1. The van der Waals surface area contributed by atoms with Crippen molar-refractivity contribution in [2.75, 3.05) is 6.54 Å². The van der Waals surface area contributed by atoms with Crippen molar-refractivity contribution in [1.82, 2.24) is 10.6 Å². The van der Waals surface area contributed by atoms with Crippen LogP contribution in [-0.2, 0) is 4.79 Å². The molecule has 2 fully saturated rings. The number of hydrogen-bond acceptors (Lipinski definition) is 2. The van der Waals surface area contributed by atoms with Crippen molar-refractivity contribution in [3.8, 4) is 0 Å². The maximum Gasteiger partial charge on any atom is 0.237 e. The lowest BCUT2D eigenvalue weighted by molar-refractivity contribution is -0.126. The first-order valence-electron chi connectivity index (χ1n) is 6.17. The molecule has 1 saturated carbocycles. The van der Waals surface area contributed by atoms with Gasteiger partial charge in [-0.2, -0.15) is 0 Å². The summed E-state index contributed by atoms with van der Waals surface area (Å²) >= 11 is 0. The van der Waals surface area contributed by atoms with Crippen LogP contribution in [0.2, 0.25) is 0 Å². The fourth-order valence-electron chi connectivity index (χ4n) is 2.88. The third-order valence-electron chi connectivity index (χ3n) is 3.67. The summed E-state index contributed by atoms with van der Waals surface area (Å²) in [6, 6.07) is 0.0387. The molecule has 15 heavy (non-hydrogen) atoms. The predicted molar refractivity (Wildman–Crippen MR) is 60.6 cm³/mol. The molecule has 1 spiro atoms. The molecule has 86 valence electrons. The molecule has 1 heterocycles. The monoisotopic (exact) mass is 210 g/mol. The second-order valence-electron chi connectivity index (χ2n) is 5.53. The Hall–Kier alpha value is -0.570. The molecule has 1 amide bonds. The van der Waals surface area contributed by atoms with Crippen LogP contribution in [0.3, 0.4) is 0 Å². The molecule has 1 atom stereocenters. The van der Waals surface area contributed by atoms with Gasteiger partial charge in [0.25, 0.3) is 0 Å². The van der Waals surface area contributed by atoms with E-state index in [1.807, 2.05) is 0 Å². The van der Waals surface area contributed by atoms with Crippen molar-refractivity contribution in [3.63, 3.8) is 0 Å². The molecule has 1 aliphatic carbocycles. The average Bonchev–Trinajstić information content (AvgIpc) is 2.60. The third kappa shape index (κ3) is 2.33. The van der Waals surface area contributed by atoms with Gasteiger partial charge in [0.2, 0.25) is 5.91 Å². The second kappa shape index (κ2) is 4.12. The molecule has 0 radical (unpaired) electrons. The molecule has 0 aromatic heterocycles. The minimum Gasteiger partial charge on any atom is -0.353 e. The van der Waals surface area contributed by atoms with Gasteiger partial charge in [-0.15, -0.1) is 0 Å². The van der Waals surface area contributed by atoms with E-state index in [2.05, 4.69) is 24.5 Å². The SMILES string of the molecule is CC(C)C[C@H]1NC2(CCCC2)CNC1=O. The van der Waals surface area contributed by atoms with Crippen LogP contribution in [0.1, 0.15) is 46.0 Å². The molecule has 0 aromatic rings. The van der Waals surface area contributed by atoms with Gasteiger partial charge in [0.1, 0.15) is 0 Å². The largest absolute Gasteiger partial charge is 0.353 e. The van der Waals surface area contributed by atoms with E-state index in [0.717, 1.165) is 13.0 Å². The van der Waals surface area contributed by atoms with Crippen LogP contribution < -0.4 is 10.6 Å². The highest BCUT2D eigenvalue weighted by atomic mass is 16.2. The first-order valence-corrected chi connectivity index (χ1v) is 6.17. The zero-order valence-corrected chi connectivity index (χ0v) is 9.81. The van der Waals surface area contributed by atoms with Crippen LogP contribution in [0.4, 0.5) is 0 Å². The van der Waals surface area contributed by atoms with Crippen LogP contribution in [-0.4, -0.2) is 24.0 Å². The third-order valence-corrected chi connectivity index (χ3v) is 3.67. The Labute approximate surface area is 92.0 Å². The lowest BCUT2D eigenvalue weighted by atomic mass is 9.90. The summed E-state index contributed by atoms with van der Waals surface area (Å²) in [4.78, 5) is 11.7. The van der Waals surface area contributed by atoms with Crippen molar-refractivity contribution in [1.29, 1.82) is 0 Å². The lowest BCUT2D eigenvalue weighted by Gasteiger charge is -2.40. The molecule has 0 unspecified atom stereocenters. The van der Waals surface area contributed by atoms with Gasteiger partial charge < -0.3 is 5.32 Å². The summed E-state index contributed by atoms with van der Waals surface area (Å²) < 4.78 is 0. The number of hydrogen-bond donors (Lipinski definition) is 2. The number of carbonyl (C=O) groups is 1. The van der Waals surface area contributed by atoms with E-state index in [-0.39, 0.29) is 17.5 Å². The van der Waals surface area contributed by atoms with E-state index in [1.54, 1.807) is 0 Å². The Bertz CT molecular complexity index is 244. The number of rotatable bonds is 2. The Kier molecular flexibility index (Phi) is 3.01. The quantitative estimate of drug-likeness (QED) is 0.724. The number of carbonyl (C=O) groups excluding carboxylic acids is 1. The highest BCUT2D eigenvalue weighted by molar-refractivity contribution is 5.82. The van der Waals surface area contributed by atoms with Crippen molar-refractivity contribution >= 4 is 5.91 Å². The van der Waals surface area contributed by atoms with Crippen molar-refractivity contribution < 1.29 is 4.79 Å². The van der Waals surface area contributed by atoms with Crippen molar-refractivity contribution in [3.05, 3.63) is 0 Å². The fraction of sp³-hybridized carbons (Fsp3) is 0.917. The number of amides is 1. The molecule has 1 saturated heterocycles. The van der Waals surface area contributed by atoms with Crippen LogP contribution >= 0.6 is 0 Å². The summed E-state index contributed by atoms with van der Waals surface area (Å²) in [5, 5.41) is 6.67. The molecule has 2 N–H and O–H groups in total. The Balaban J connectivity index is 2.00. The molecule has 2 rings (SSSR count). The molecule has 2 aliphatic rings.